The molecule has 3 rings (SSSR count). The van der Waals surface area contributed by atoms with Crippen LogP contribution < -0.4 is 14.8 Å². The molecule has 1 aliphatic rings. The van der Waals surface area contributed by atoms with E-state index in [4.69, 9.17) is 9.47 Å². The van der Waals surface area contributed by atoms with Crippen LogP contribution in [0.3, 0.4) is 0 Å². The van der Waals surface area contributed by atoms with E-state index in [9.17, 15) is 10.1 Å². The van der Waals surface area contributed by atoms with Crippen molar-refractivity contribution in [2.45, 2.75) is 39.8 Å². The molecule has 146 valence electrons. The number of nitrogens with one attached hydrogen (secondary N) is 1. The van der Waals surface area contributed by atoms with Gasteiger partial charge in [-0.3, -0.25) is 4.79 Å². The predicted octanol–water partition coefficient (Wildman–Crippen LogP) is 3.38. The molecule has 1 aromatic carbocycles. The van der Waals surface area contributed by atoms with Crippen molar-refractivity contribution >= 4 is 12.0 Å². The number of benzene rings is 1. The Kier molecular flexibility index (Phi) is 6.05. The Hall–Kier alpha value is -3.20. The van der Waals surface area contributed by atoms with E-state index in [2.05, 4.69) is 16.8 Å². The van der Waals surface area contributed by atoms with Gasteiger partial charge in [-0.05, 0) is 50.1 Å². The summed E-state index contributed by atoms with van der Waals surface area (Å²) in [4.78, 5) is 12.5. The number of ether oxygens (including phenoxy) is 2. The quantitative estimate of drug-likeness (QED) is 0.617. The molecule has 0 fully saturated rings. The van der Waals surface area contributed by atoms with Crippen molar-refractivity contribution in [2.75, 3.05) is 13.2 Å². The number of nitrogens with zero attached hydrogens (tertiary/aromatic N) is 2. The number of para-hydroxylation sites is 2. The summed E-state index contributed by atoms with van der Waals surface area (Å²) in [6.45, 7) is 7.69. The van der Waals surface area contributed by atoms with Crippen molar-refractivity contribution in [1.29, 1.82) is 5.26 Å². The maximum absolute atomic E-state index is 12.5. The molecule has 0 aliphatic carbocycles. The minimum atomic E-state index is -0.412. The van der Waals surface area contributed by atoms with Crippen molar-refractivity contribution < 1.29 is 14.3 Å². The summed E-state index contributed by atoms with van der Waals surface area (Å²) in [5, 5.41) is 12.2. The highest BCUT2D eigenvalue weighted by Crippen LogP contribution is 2.30. The number of carbonyl (C=O) groups excluding carboxylic acids is 1. The summed E-state index contributed by atoms with van der Waals surface area (Å²) in [7, 11) is 0. The summed E-state index contributed by atoms with van der Waals surface area (Å²) < 4.78 is 13.7. The van der Waals surface area contributed by atoms with Gasteiger partial charge in [-0.25, -0.2) is 0 Å². The largest absolute Gasteiger partial charge is 0.486 e. The van der Waals surface area contributed by atoms with Crippen LogP contribution in [-0.4, -0.2) is 29.7 Å². The standard InChI is InChI=1S/C22H25N3O3/c1-4-9-25-15(2)10-17(16(25)3)11-18(12-23)22(26)24-13-19-14-27-20-7-5-6-8-21(20)28-19/h5-8,10-11,19H,4,9,13-14H2,1-3H3,(H,24,26)/b18-11-. The minimum Gasteiger partial charge on any atom is -0.486 e. The molecule has 1 unspecified atom stereocenters. The maximum atomic E-state index is 12.5. The molecule has 1 aromatic heterocycles. The topological polar surface area (TPSA) is 76.3 Å². The van der Waals surface area contributed by atoms with Crippen molar-refractivity contribution in [2.24, 2.45) is 0 Å². The number of carbonyl (C=O) groups is 1. The monoisotopic (exact) mass is 379 g/mol. The van der Waals surface area contributed by atoms with Crippen molar-refractivity contribution in [3.05, 3.63) is 52.9 Å². The van der Waals surface area contributed by atoms with Gasteiger partial charge in [-0.1, -0.05) is 19.1 Å². The lowest BCUT2D eigenvalue weighted by molar-refractivity contribution is -0.117. The van der Waals surface area contributed by atoms with Crippen LogP contribution in [-0.2, 0) is 11.3 Å². The van der Waals surface area contributed by atoms with Gasteiger partial charge in [0, 0.05) is 17.9 Å². The van der Waals surface area contributed by atoms with Gasteiger partial charge < -0.3 is 19.4 Å². The normalized spacial score (nSPS) is 15.8. The molecule has 6 heteroatoms. The number of rotatable bonds is 6. The summed E-state index contributed by atoms with van der Waals surface area (Å²) in [6.07, 6.45) is 2.38. The zero-order valence-corrected chi connectivity index (χ0v) is 16.5. The molecule has 0 radical (unpaired) electrons. The van der Waals surface area contributed by atoms with Crippen LogP contribution in [0.5, 0.6) is 11.5 Å². The summed E-state index contributed by atoms with van der Waals surface area (Å²) in [5.74, 6) is 0.947. The number of hydrogen-bond donors (Lipinski definition) is 1. The fraction of sp³-hybridized carbons (Fsp3) is 0.364. The van der Waals surface area contributed by atoms with Crippen LogP contribution in [0.25, 0.3) is 6.08 Å². The lowest BCUT2D eigenvalue weighted by atomic mass is 10.1. The highest BCUT2D eigenvalue weighted by molar-refractivity contribution is 6.01. The van der Waals surface area contributed by atoms with E-state index >= 15 is 0 Å². The first kappa shape index (κ1) is 19.6. The number of fused-ring (bicyclic) bond motifs is 1. The molecule has 1 atom stereocenters. The molecule has 1 N–H and O–H groups in total. The Bertz CT molecular complexity index is 937. The lowest BCUT2D eigenvalue weighted by Crippen LogP contribution is -2.41. The average molecular weight is 379 g/mol. The van der Waals surface area contributed by atoms with Crippen molar-refractivity contribution in [3.63, 3.8) is 0 Å². The Morgan fingerprint density at radius 1 is 1.36 bits per heavy atom. The zero-order chi connectivity index (χ0) is 20.1. The van der Waals surface area contributed by atoms with Gasteiger partial charge in [0.05, 0.1) is 6.54 Å². The molecular formula is C22H25N3O3. The van der Waals surface area contributed by atoms with E-state index in [-0.39, 0.29) is 18.2 Å². The first-order chi connectivity index (χ1) is 13.5. The highest BCUT2D eigenvalue weighted by atomic mass is 16.6. The van der Waals surface area contributed by atoms with E-state index in [0.29, 0.717) is 18.1 Å². The van der Waals surface area contributed by atoms with Gasteiger partial charge in [0.15, 0.2) is 11.5 Å². The van der Waals surface area contributed by atoms with Crippen LogP contribution in [0.4, 0.5) is 0 Å². The third kappa shape index (κ3) is 4.20. The molecule has 2 aromatic rings. The second kappa shape index (κ2) is 8.66. The summed E-state index contributed by atoms with van der Waals surface area (Å²) >= 11 is 0. The molecule has 28 heavy (non-hydrogen) atoms. The van der Waals surface area contributed by atoms with Gasteiger partial charge in [0.25, 0.3) is 5.91 Å². The van der Waals surface area contributed by atoms with Crippen LogP contribution in [0.2, 0.25) is 0 Å². The van der Waals surface area contributed by atoms with Gasteiger partial charge >= 0.3 is 0 Å². The summed E-state index contributed by atoms with van der Waals surface area (Å²) in [5.41, 5.74) is 3.15. The molecule has 1 aliphatic heterocycles. The average Bonchev–Trinajstić information content (AvgIpc) is 2.97. The lowest BCUT2D eigenvalue weighted by Gasteiger charge is -2.26. The summed E-state index contributed by atoms with van der Waals surface area (Å²) in [6, 6.07) is 11.4. The maximum Gasteiger partial charge on any atom is 0.262 e. The van der Waals surface area contributed by atoms with Crippen LogP contribution in [0.1, 0.15) is 30.3 Å². The third-order valence-electron chi connectivity index (χ3n) is 4.78. The Morgan fingerprint density at radius 2 is 2.11 bits per heavy atom. The Balaban J connectivity index is 1.65. The van der Waals surface area contributed by atoms with Gasteiger partial charge in [-0.15, -0.1) is 0 Å². The molecule has 2 heterocycles. The first-order valence-corrected chi connectivity index (χ1v) is 9.48. The first-order valence-electron chi connectivity index (χ1n) is 9.48. The second-order valence-electron chi connectivity index (χ2n) is 6.86. The molecule has 0 saturated carbocycles. The highest BCUT2D eigenvalue weighted by Gasteiger charge is 2.22. The number of amides is 1. The van der Waals surface area contributed by atoms with Crippen molar-refractivity contribution in [1.82, 2.24) is 9.88 Å². The van der Waals surface area contributed by atoms with E-state index in [0.717, 1.165) is 29.9 Å². The van der Waals surface area contributed by atoms with Crippen LogP contribution in [0, 0.1) is 25.2 Å². The van der Waals surface area contributed by atoms with Gasteiger partial charge in [-0.2, -0.15) is 5.26 Å². The van der Waals surface area contributed by atoms with Crippen molar-refractivity contribution in [3.8, 4) is 17.6 Å². The predicted molar refractivity (Wildman–Crippen MR) is 107 cm³/mol. The minimum absolute atomic E-state index is 0.0777. The van der Waals surface area contributed by atoms with Gasteiger partial charge in [0.2, 0.25) is 0 Å². The second-order valence-corrected chi connectivity index (χ2v) is 6.86. The zero-order valence-electron chi connectivity index (χ0n) is 16.5. The third-order valence-corrected chi connectivity index (χ3v) is 4.78. The van der Waals surface area contributed by atoms with E-state index in [1.54, 1.807) is 6.08 Å². The van der Waals surface area contributed by atoms with E-state index in [1.807, 2.05) is 50.2 Å². The van der Waals surface area contributed by atoms with E-state index in [1.165, 1.54) is 0 Å². The van der Waals surface area contributed by atoms with Crippen LogP contribution in [0.15, 0.2) is 35.9 Å². The molecule has 0 bridgehead atoms. The number of nitriles is 1. The molecular weight excluding hydrogens is 354 g/mol. The molecule has 6 nitrogen and oxygen atoms in total. The number of aromatic nitrogens is 1. The molecule has 0 saturated heterocycles. The van der Waals surface area contributed by atoms with Crippen LogP contribution >= 0.6 is 0 Å². The van der Waals surface area contributed by atoms with E-state index < -0.39 is 5.91 Å². The SMILES string of the molecule is CCCn1c(C)cc(/C=C(/C#N)C(=O)NCC2COc3ccccc3O2)c1C. The Morgan fingerprint density at radius 3 is 2.82 bits per heavy atom. The molecule has 1 amide bonds. The fourth-order valence-electron chi connectivity index (χ4n) is 3.31. The smallest absolute Gasteiger partial charge is 0.262 e. The Labute approximate surface area is 165 Å². The van der Waals surface area contributed by atoms with Gasteiger partial charge in [0.1, 0.15) is 24.4 Å². The molecule has 0 spiro atoms. The fourth-order valence-corrected chi connectivity index (χ4v) is 3.31. The number of hydrogen-bond acceptors (Lipinski definition) is 4. The number of aryl methyl sites for hydroxylation is 1.